The fourth-order valence-corrected chi connectivity index (χ4v) is 5.00. The largest absolute Gasteiger partial charge is 0.339 e. The molecule has 0 N–H and O–H groups in total. The van der Waals surface area contributed by atoms with E-state index in [-0.39, 0.29) is 37.0 Å². The summed E-state index contributed by atoms with van der Waals surface area (Å²) in [5.41, 5.74) is 1.93. The molecule has 0 radical (unpaired) electrons. The predicted octanol–water partition coefficient (Wildman–Crippen LogP) is 2.68. The Bertz CT molecular complexity index is 1340. The van der Waals surface area contributed by atoms with Gasteiger partial charge in [0.25, 0.3) is 0 Å². The summed E-state index contributed by atoms with van der Waals surface area (Å²) in [5.74, 6) is 0.136. The van der Waals surface area contributed by atoms with E-state index in [2.05, 4.69) is 10.2 Å². The van der Waals surface area contributed by atoms with Crippen LogP contribution in [0.25, 0.3) is 21.8 Å². The number of carbonyl (C=O) groups excluding carboxylic acids is 2. The minimum absolute atomic E-state index is 0.0487. The van der Waals surface area contributed by atoms with Crippen molar-refractivity contribution in [2.45, 2.75) is 44.4 Å². The second-order valence-corrected chi connectivity index (χ2v) is 9.04. The van der Waals surface area contributed by atoms with Crippen molar-refractivity contribution in [3.8, 4) is 0 Å². The van der Waals surface area contributed by atoms with Gasteiger partial charge < -0.3 is 9.80 Å². The van der Waals surface area contributed by atoms with Gasteiger partial charge in [-0.2, -0.15) is 10.2 Å². The monoisotopic (exact) mass is 442 g/mol. The first kappa shape index (κ1) is 20.0. The Hall–Kier alpha value is -3.68. The van der Waals surface area contributed by atoms with Crippen LogP contribution in [0.15, 0.2) is 60.9 Å². The number of fused-ring (bicyclic) bond motifs is 2. The summed E-state index contributed by atoms with van der Waals surface area (Å²) in [6, 6.07) is 16.2. The van der Waals surface area contributed by atoms with E-state index in [0.717, 1.165) is 41.1 Å². The molecule has 2 amide bonds. The molecule has 0 spiro atoms. The molecule has 168 valence electrons. The van der Waals surface area contributed by atoms with E-state index < -0.39 is 0 Å². The van der Waals surface area contributed by atoms with Crippen LogP contribution in [0.4, 0.5) is 0 Å². The van der Waals surface area contributed by atoms with E-state index in [9.17, 15) is 9.59 Å². The normalized spacial score (nSPS) is 18.3. The SMILES string of the molecule is O=C(Cn1ncc2ccccc21)N1CC[C@@H](N(C(=O)Cn2ncc3ccccc32)C2CC2)C1. The zero-order valence-corrected chi connectivity index (χ0v) is 18.4. The van der Waals surface area contributed by atoms with Crippen LogP contribution in [0.2, 0.25) is 0 Å². The van der Waals surface area contributed by atoms with Gasteiger partial charge in [-0.15, -0.1) is 0 Å². The summed E-state index contributed by atoms with van der Waals surface area (Å²) >= 11 is 0. The Kier molecular flexibility index (Phi) is 4.86. The zero-order valence-electron chi connectivity index (χ0n) is 18.4. The number of hydrogen-bond donors (Lipinski definition) is 0. The van der Waals surface area contributed by atoms with Gasteiger partial charge >= 0.3 is 0 Å². The van der Waals surface area contributed by atoms with Crippen molar-refractivity contribution in [2.24, 2.45) is 0 Å². The maximum Gasteiger partial charge on any atom is 0.244 e. The molecule has 1 atom stereocenters. The molecule has 33 heavy (non-hydrogen) atoms. The molecule has 1 aliphatic heterocycles. The summed E-state index contributed by atoms with van der Waals surface area (Å²) in [5, 5.41) is 10.9. The number of aromatic nitrogens is 4. The predicted molar refractivity (Wildman–Crippen MR) is 124 cm³/mol. The van der Waals surface area contributed by atoms with E-state index in [1.807, 2.05) is 58.3 Å². The number of amides is 2. The summed E-state index contributed by atoms with van der Waals surface area (Å²) in [6.45, 7) is 1.70. The van der Waals surface area contributed by atoms with E-state index in [1.165, 1.54) is 0 Å². The van der Waals surface area contributed by atoms with Crippen molar-refractivity contribution >= 4 is 33.6 Å². The van der Waals surface area contributed by atoms with Crippen molar-refractivity contribution in [2.75, 3.05) is 13.1 Å². The Labute approximate surface area is 191 Å². The third-order valence-electron chi connectivity index (χ3n) is 6.81. The molecule has 2 aromatic heterocycles. The second-order valence-electron chi connectivity index (χ2n) is 9.04. The van der Waals surface area contributed by atoms with Gasteiger partial charge in [0.1, 0.15) is 13.1 Å². The molecule has 0 bridgehead atoms. The lowest BCUT2D eigenvalue weighted by molar-refractivity contribution is -0.136. The van der Waals surface area contributed by atoms with Gasteiger partial charge in [0.05, 0.1) is 29.5 Å². The van der Waals surface area contributed by atoms with E-state index >= 15 is 0 Å². The van der Waals surface area contributed by atoms with Gasteiger partial charge in [-0.1, -0.05) is 36.4 Å². The number of likely N-dealkylation sites (tertiary alicyclic amines) is 1. The molecule has 4 aromatic rings. The molecular weight excluding hydrogens is 416 g/mol. The Balaban J connectivity index is 1.14. The number of para-hydroxylation sites is 2. The minimum atomic E-state index is 0.0487. The first-order valence-corrected chi connectivity index (χ1v) is 11.6. The van der Waals surface area contributed by atoms with Crippen LogP contribution in [-0.2, 0) is 22.7 Å². The van der Waals surface area contributed by atoms with Crippen LogP contribution in [0.3, 0.4) is 0 Å². The second kappa shape index (κ2) is 8.03. The highest BCUT2D eigenvalue weighted by Crippen LogP contribution is 2.32. The Morgan fingerprint density at radius 1 is 0.818 bits per heavy atom. The minimum Gasteiger partial charge on any atom is -0.339 e. The van der Waals surface area contributed by atoms with Crippen LogP contribution >= 0.6 is 0 Å². The molecule has 3 heterocycles. The van der Waals surface area contributed by atoms with Gasteiger partial charge in [0.15, 0.2) is 0 Å². The smallest absolute Gasteiger partial charge is 0.244 e. The van der Waals surface area contributed by atoms with Gasteiger partial charge in [-0.25, -0.2) is 0 Å². The standard InChI is InChI=1S/C25H26N6O2/c32-24(16-29-22-7-3-1-5-18(22)13-26-29)28-12-11-21(15-28)31(20-9-10-20)25(33)17-30-23-8-4-2-6-19(23)14-27-30/h1-8,13-14,20-21H,9-12,15-17H2/t21-/m1/s1. The fraction of sp³-hybridized carbons (Fsp3) is 0.360. The van der Waals surface area contributed by atoms with Crippen LogP contribution in [-0.4, -0.2) is 66.3 Å². The molecule has 2 fully saturated rings. The maximum absolute atomic E-state index is 13.3. The summed E-state index contributed by atoms with van der Waals surface area (Å²) in [7, 11) is 0. The molecule has 1 saturated carbocycles. The highest BCUT2D eigenvalue weighted by Gasteiger charge is 2.41. The number of carbonyl (C=O) groups is 2. The van der Waals surface area contributed by atoms with E-state index in [4.69, 9.17) is 0 Å². The number of rotatable bonds is 6. The topological polar surface area (TPSA) is 76.3 Å². The van der Waals surface area contributed by atoms with Crippen LogP contribution < -0.4 is 0 Å². The van der Waals surface area contributed by atoms with Crippen molar-refractivity contribution in [3.63, 3.8) is 0 Å². The number of benzene rings is 2. The molecule has 8 heteroatoms. The van der Waals surface area contributed by atoms with Crippen molar-refractivity contribution in [1.29, 1.82) is 0 Å². The molecule has 1 saturated heterocycles. The van der Waals surface area contributed by atoms with Crippen molar-refractivity contribution in [1.82, 2.24) is 29.4 Å². The summed E-state index contributed by atoms with van der Waals surface area (Å²) in [4.78, 5) is 30.3. The quantitative estimate of drug-likeness (QED) is 0.460. The van der Waals surface area contributed by atoms with Crippen molar-refractivity contribution < 1.29 is 9.59 Å². The van der Waals surface area contributed by atoms with Crippen LogP contribution in [0.1, 0.15) is 19.3 Å². The Morgan fingerprint density at radius 2 is 1.42 bits per heavy atom. The lowest BCUT2D eigenvalue weighted by Gasteiger charge is -2.29. The number of hydrogen-bond acceptors (Lipinski definition) is 4. The van der Waals surface area contributed by atoms with Gasteiger partial charge in [-0.3, -0.25) is 19.0 Å². The average Bonchev–Trinajstić information content (AvgIpc) is 3.21. The molecule has 1 aliphatic carbocycles. The molecule has 6 rings (SSSR count). The molecule has 8 nitrogen and oxygen atoms in total. The van der Waals surface area contributed by atoms with Gasteiger partial charge in [0.2, 0.25) is 11.8 Å². The van der Waals surface area contributed by atoms with Crippen molar-refractivity contribution in [3.05, 3.63) is 60.9 Å². The zero-order chi connectivity index (χ0) is 22.4. The lowest BCUT2D eigenvalue weighted by atomic mass is 10.2. The fourth-order valence-electron chi connectivity index (χ4n) is 5.00. The molecule has 2 aliphatic rings. The maximum atomic E-state index is 13.3. The third kappa shape index (κ3) is 3.75. The van der Waals surface area contributed by atoms with E-state index in [0.29, 0.717) is 13.1 Å². The number of nitrogens with zero attached hydrogens (tertiary/aromatic N) is 6. The first-order chi connectivity index (χ1) is 16.2. The highest BCUT2D eigenvalue weighted by molar-refractivity contribution is 5.83. The molecule has 0 unspecified atom stereocenters. The molecular formula is C25H26N6O2. The van der Waals surface area contributed by atoms with Gasteiger partial charge in [-0.05, 0) is 31.4 Å². The summed E-state index contributed by atoms with van der Waals surface area (Å²) in [6.07, 6.45) is 6.49. The van der Waals surface area contributed by atoms with Crippen LogP contribution in [0, 0.1) is 0 Å². The lowest BCUT2D eigenvalue weighted by Crippen LogP contribution is -2.45. The van der Waals surface area contributed by atoms with Gasteiger partial charge in [0, 0.05) is 29.9 Å². The van der Waals surface area contributed by atoms with E-state index in [1.54, 1.807) is 21.8 Å². The van der Waals surface area contributed by atoms with Crippen LogP contribution in [0.5, 0.6) is 0 Å². The Morgan fingerprint density at radius 3 is 2.06 bits per heavy atom. The highest BCUT2D eigenvalue weighted by atomic mass is 16.2. The first-order valence-electron chi connectivity index (χ1n) is 11.6. The molecule has 2 aromatic carbocycles. The third-order valence-corrected chi connectivity index (χ3v) is 6.81. The average molecular weight is 443 g/mol. The summed E-state index contributed by atoms with van der Waals surface area (Å²) < 4.78 is 3.55.